The molecule has 1 aromatic heterocycles. The van der Waals surface area contributed by atoms with E-state index in [0.29, 0.717) is 5.92 Å². The summed E-state index contributed by atoms with van der Waals surface area (Å²) in [5, 5.41) is 1.17. The smallest absolute Gasteiger partial charge is 0.0714 e. The number of benzene rings is 1. The zero-order chi connectivity index (χ0) is 12.3. The summed E-state index contributed by atoms with van der Waals surface area (Å²) in [5.41, 5.74) is 7.84. The topological polar surface area (TPSA) is 38.9 Å². The van der Waals surface area contributed by atoms with Gasteiger partial charge in [0.1, 0.15) is 0 Å². The molecule has 0 fully saturated rings. The van der Waals surface area contributed by atoms with Crippen LogP contribution in [0.2, 0.25) is 0 Å². The van der Waals surface area contributed by atoms with Crippen LogP contribution in [-0.2, 0) is 0 Å². The summed E-state index contributed by atoms with van der Waals surface area (Å²) in [6.07, 6.45) is 2.97. The Labute approximate surface area is 107 Å². The van der Waals surface area contributed by atoms with Crippen molar-refractivity contribution >= 4 is 28.4 Å². The monoisotopic (exact) mass is 246 g/mol. The van der Waals surface area contributed by atoms with Crippen molar-refractivity contribution < 1.29 is 0 Å². The van der Waals surface area contributed by atoms with Crippen molar-refractivity contribution in [2.75, 3.05) is 11.5 Å². The lowest BCUT2D eigenvalue weighted by atomic mass is 10.2. The molecule has 0 radical (unpaired) electrons. The van der Waals surface area contributed by atoms with Gasteiger partial charge < -0.3 is 5.73 Å². The Hall–Kier alpha value is -1.22. The third kappa shape index (κ3) is 2.72. The van der Waals surface area contributed by atoms with Crippen LogP contribution in [0.15, 0.2) is 35.4 Å². The van der Waals surface area contributed by atoms with Crippen molar-refractivity contribution in [2.24, 2.45) is 5.92 Å². The van der Waals surface area contributed by atoms with Crippen molar-refractivity contribution in [2.45, 2.75) is 25.2 Å². The number of nitrogens with zero attached hydrogens (tertiary/aromatic N) is 1. The highest BCUT2D eigenvalue weighted by Crippen LogP contribution is 2.33. The van der Waals surface area contributed by atoms with Gasteiger partial charge in [-0.05, 0) is 12.0 Å². The van der Waals surface area contributed by atoms with Crippen LogP contribution in [0, 0.1) is 5.92 Å². The van der Waals surface area contributed by atoms with Crippen molar-refractivity contribution in [3.63, 3.8) is 0 Å². The van der Waals surface area contributed by atoms with Crippen molar-refractivity contribution in [3.8, 4) is 0 Å². The zero-order valence-electron chi connectivity index (χ0n) is 10.3. The van der Waals surface area contributed by atoms with Gasteiger partial charge >= 0.3 is 0 Å². The fourth-order valence-electron chi connectivity index (χ4n) is 1.64. The molecule has 2 nitrogen and oxygen atoms in total. The maximum Gasteiger partial charge on any atom is 0.0714 e. The summed E-state index contributed by atoms with van der Waals surface area (Å²) < 4.78 is 0. The number of nitrogen functional groups attached to an aromatic ring is 1. The molecule has 0 saturated carbocycles. The van der Waals surface area contributed by atoms with Gasteiger partial charge in [0, 0.05) is 16.0 Å². The average Bonchev–Trinajstić information content (AvgIpc) is 2.37. The van der Waals surface area contributed by atoms with Crippen molar-refractivity contribution in [3.05, 3.63) is 30.5 Å². The fourth-order valence-corrected chi connectivity index (χ4v) is 2.87. The van der Waals surface area contributed by atoms with Crippen LogP contribution in [0.4, 0.5) is 5.69 Å². The molecule has 1 unspecified atom stereocenters. The molecule has 1 aromatic carbocycles. The normalized spacial score (nSPS) is 12.8. The molecule has 0 amide bonds. The summed E-state index contributed by atoms with van der Waals surface area (Å²) in [4.78, 5) is 5.53. The van der Waals surface area contributed by atoms with E-state index < -0.39 is 0 Å². The Kier molecular flexibility index (Phi) is 3.89. The van der Waals surface area contributed by atoms with E-state index in [1.54, 1.807) is 6.20 Å². The minimum absolute atomic E-state index is 0.714. The molecule has 0 bridgehead atoms. The number of aromatic nitrogens is 1. The van der Waals surface area contributed by atoms with Gasteiger partial charge in [-0.3, -0.25) is 4.98 Å². The minimum Gasteiger partial charge on any atom is -0.397 e. The predicted octanol–water partition coefficient (Wildman–Crippen LogP) is 3.96. The van der Waals surface area contributed by atoms with Crippen LogP contribution in [0.3, 0.4) is 0 Å². The number of thioether (sulfide) groups is 1. The quantitative estimate of drug-likeness (QED) is 0.830. The standard InChI is InChI=1S/C14H18N2S/c1-3-10(2)9-17-14-11-6-4-5-7-13(11)16-8-12(14)15/h4-8,10H,3,9,15H2,1-2H3. The van der Waals surface area contributed by atoms with E-state index in [2.05, 4.69) is 24.9 Å². The zero-order valence-corrected chi connectivity index (χ0v) is 11.1. The number of pyridine rings is 1. The Morgan fingerprint density at radius 2 is 2.12 bits per heavy atom. The molecule has 0 aliphatic heterocycles. The van der Waals surface area contributed by atoms with Crippen LogP contribution >= 0.6 is 11.8 Å². The lowest BCUT2D eigenvalue weighted by Gasteiger charge is -2.11. The Morgan fingerprint density at radius 3 is 2.88 bits per heavy atom. The molecule has 0 aliphatic rings. The average molecular weight is 246 g/mol. The molecule has 0 saturated heterocycles. The Balaban J connectivity index is 2.34. The highest BCUT2D eigenvalue weighted by atomic mass is 32.2. The van der Waals surface area contributed by atoms with Gasteiger partial charge in [0.05, 0.1) is 17.4 Å². The minimum atomic E-state index is 0.714. The first-order valence-corrected chi connectivity index (χ1v) is 6.97. The van der Waals surface area contributed by atoms with E-state index in [4.69, 9.17) is 5.73 Å². The predicted molar refractivity (Wildman–Crippen MR) is 76.3 cm³/mol. The number of para-hydroxylation sites is 1. The van der Waals surface area contributed by atoms with Gasteiger partial charge in [0.15, 0.2) is 0 Å². The van der Waals surface area contributed by atoms with Gasteiger partial charge in [-0.2, -0.15) is 0 Å². The molecule has 2 N–H and O–H groups in total. The number of hydrogen-bond acceptors (Lipinski definition) is 3. The number of rotatable bonds is 4. The van der Waals surface area contributed by atoms with Crippen LogP contribution in [0.1, 0.15) is 20.3 Å². The molecule has 0 aliphatic carbocycles. The summed E-state index contributed by atoms with van der Waals surface area (Å²) in [5.74, 6) is 1.82. The first kappa shape index (κ1) is 12.2. The highest BCUT2D eigenvalue weighted by Gasteiger charge is 2.08. The first-order chi connectivity index (χ1) is 8.22. The Morgan fingerprint density at radius 1 is 1.35 bits per heavy atom. The van der Waals surface area contributed by atoms with Gasteiger partial charge in [-0.15, -0.1) is 11.8 Å². The lowest BCUT2D eigenvalue weighted by molar-refractivity contribution is 0.637. The maximum atomic E-state index is 6.03. The summed E-state index contributed by atoms with van der Waals surface area (Å²) in [6.45, 7) is 4.49. The SMILES string of the molecule is CCC(C)CSc1c(N)cnc2ccccc12. The fraction of sp³-hybridized carbons (Fsp3) is 0.357. The molecule has 17 heavy (non-hydrogen) atoms. The van der Waals surface area contributed by atoms with Crippen LogP contribution < -0.4 is 5.73 Å². The van der Waals surface area contributed by atoms with E-state index in [-0.39, 0.29) is 0 Å². The first-order valence-electron chi connectivity index (χ1n) is 5.98. The van der Waals surface area contributed by atoms with E-state index in [1.807, 2.05) is 30.0 Å². The molecule has 1 atom stereocenters. The second-order valence-corrected chi connectivity index (χ2v) is 5.41. The number of anilines is 1. The highest BCUT2D eigenvalue weighted by molar-refractivity contribution is 7.99. The third-order valence-electron chi connectivity index (χ3n) is 2.96. The van der Waals surface area contributed by atoms with E-state index in [9.17, 15) is 0 Å². The number of hydrogen-bond donors (Lipinski definition) is 1. The van der Waals surface area contributed by atoms with E-state index >= 15 is 0 Å². The second-order valence-electron chi connectivity index (χ2n) is 4.38. The third-order valence-corrected chi connectivity index (χ3v) is 4.44. The molecule has 3 heteroatoms. The largest absolute Gasteiger partial charge is 0.397 e. The van der Waals surface area contributed by atoms with E-state index in [1.165, 1.54) is 16.7 Å². The number of nitrogens with two attached hydrogens (primary N) is 1. The van der Waals surface area contributed by atoms with Gasteiger partial charge in [-0.1, -0.05) is 38.5 Å². The van der Waals surface area contributed by atoms with Crippen molar-refractivity contribution in [1.82, 2.24) is 4.98 Å². The summed E-state index contributed by atoms with van der Waals surface area (Å²) >= 11 is 1.84. The summed E-state index contributed by atoms with van der Waals surface area (Å²) in [7, 11) is 0. The number of fused-ring (bicyclic) bond motifs is 1. The molecular weight excluding hydrogens is 228 g/mol. The maximum absolute atomic E-state index is 6.03. The van der Waals surface area contributed by atoms with E-state index in [0.717, 1.165) is 17.0 Å². The molecule has 2 aromatic rings. The second kappa shape index (κ2) is 5.41. The van der Waals surface area contributed by atoms with Crippen molar-refractivity contribution in [1.29, 1.82) is 0 Å². The van der Waals surface area contributed by atoms with Gasteiger partial charge in [0.2, 0.25) is 0 Å². The van der Waals surface area contributed by atoms with Crippen LogP contribution in [0.5, 0.6) is 0 Å². The molecule has 2 rings (SSSR count). The van der Waals surface area contributed by atoms with Gasteiger partial charge in [0.25, 0.3) is 0 Å². The van der Waals surface area contributed by atoms with Crippen LogP contribution in [-0.4, -0.2) is 10.7 Å². The molecule has 90 valence electrons. The van der Waals surface area contributed by atoms with Gasteiger partial charge in [-0.25, -0.2) is 0 Å². The molecule has 1 heterocycles. The molecule has 0 spiro atoms. The Bertz CT molecular complexity index is 511. The molecular formula is C14H18N2S. The summed E-state index contributed by atoms with van der Waals surface area (Å²) in [6, 6.07) is 8.17. The van der Waals surface area contributed by atoms with Crippen LogP contribution in [0.25, 0.3) is 10.9 Å². The lowest BCUT2D eigenvalue weighted by Crippen LogP contribution is -1.98.